The Bertz CT molecular complexity index is 1320. The fourth-order valence-corrected chi connectivity index (χ4v) is 5.16. The molecule has 1 spiro atoms. The van der Waals surface area contributed by atoms with E-state index >= 15 is 0 Å². The Balaban J connectivity index is 1.35. The van der Waals surface area contributed by atoms with Crippen LogP contribution in [-0.2, 0) is 23.7 Å². The first-order valence-corrected chi connectivity index (χ1v) is 11.8. The number of anilines is 1. The van der Waals surface area contributed by atoms with Gasteiger partial charge in [-0.3, -0.25) is 9.67 Å². The summed E-state index contributed by atoms with van der Waals surface area (Å²) >= 11 is 0. The molecule has 1 fully saturated rings. The van der Waals surface area contributed by atoms with Crippen LogP contribution in [0.3, 0.4) is 0 Å². The molecule has 36 heavy (non-hydrogen) atoms. The zero-order valence-electron chi connectivity index (χ0n) is 20.4. The second-order valence-electron chi connectivity index (χ2n) is 10.2. The number of hydrogen-bond acceptors (Lipinski definition) is 5. The molecule has 1 saturated heterocycles. The summed E-state index contributed by atoms with van der Waals surface area (Å²) in [6.07, 6.45) is 0.0585. The molecular formula is C25H28F3N7O. The van der Waals surface area contributed by atoms with Crippen molar-refractivity contribution in [3.8, 4) is 11.3 Å². The summed E-state index contributed by atoms with van der Waals surface area (Å²) < 4.78 is 41.8. The van der Waals surface area contributed by atoms with Gasteiger partial charge in [0.15, 0.2) is 0 Å². The summed E-state index contributed by atoms with van der Waals surface area (Å²) in [5.74, 6) is -0.559. The van der Waals surface area contributed by atoms with Crippen LogP contribution < -0.4 is 11.1 Å². The molecule has 190 valence electrons. The van der Waals surface area contributed by atoms with Crippen molar-refractivity contribution in [3.63, 3.8) is 0 Å². The molecule has 3 aromatic rings. The molecule has 5 rings (SSSR count). The molecule has 11 heteroatoms. The van der Waals surface area contributed by atoms with E-state index in [1.807, 2.05) is 43.7 Å². The molecule has 1 unspecified atom stereocenters. The first kappa shape index (κ1) is 24.1. The number of rotatable bonds is 3. The first-order valence-electron chi connectivity index (χ1n) is 11.8. The summed E-state index contributed by atoms with van der Waals surface area (Å²) in [7, 11) is 0. The highest BCUT2D eigenvalue weighted by Gasteiger charge is 2.47. The van der Waals surface area contributed by atoms with E-state index in [2.05, 4.69) is 20.4 Å². The van der Waals surface area contributed by atoms with Gasteiger partial charge in [-0.25, -0.2) is 9.78 Å². The number of halogens is 3. The average molecular weight is 500 g/mol. The molecule has 0 saturated carbocycles. The molecule has 2 amide bonds. The van der Waals surface area contributed by atoms with Crippen molar-refractivity contribution in [1.29, 1.82) is 0 Å². The Hall–Kier alpha value is -3.63. The smallest absolute Gasteiger partial charge is 0.383 e. The molecule has 0 bridgehead atoms. The van der Waals surface area contributed by atoms with E-state index in [0.717, 1.165) is 35.9 Å². The lowest BCUT2D eigenvalue weighted by Gasteiger charge is -2.30. The molecule has 2 aliphatic heterocycles. The lowest BCUT2D eigenvalue weighted by molar-refractivity contribution is -0.137. The van der Waals surface area contributed by atoms with Gasteiger partial charge in [0.1, 0.15) is 5.82 Å². The van der Waals surface area contributed by atoms with Crippen LogP contribution in [0.4, 0.5) is 23.8 Å². The number of urea groups is 1. The number of likely N-dealkylation sites (tertiary alicyclic amines) is 1. The van der Waals surface area contributed by atoms with Gasteiger partial charge >= 0.3 is 12.2 Å². The van der Waals surface area contributed by atoms with Crippen molar-refractivity contribution >= 4 is 11.8 Å². The van der Waals surface area contributed by atoms with E-state index in [0.29, 0.717) is 25.3 Å². The lowest BCUT2D eigenvalue weighted by Crippen LogP contribution is -2.48. The second kappa shape index (κ2) is 8.21. The maximum absolute atomic E-state index is 13.3. The predicted octanol–water partition coefficient (Wildman–Crippen LogP) is 4.24. The minimum absolute atomic E-state index is 0.159. The molecule has 0 aromatic carbocycles. The van der Waals surface area contributed by atoms with Crippen molar-refractivity contribution in [2.45, 2.75) is 57.3 Å². The highest BCUT2D eigenvalue weighted by molar-refractivity contribution is 5.76. The Labute approximate surface area is 206 Å². The van der Waals surface area contributed by atoms with Gasteiger partial charge in [-0.05, 0) is 57.4 Å². The quantitative estimate of drug-likeness (QED) is 0.561. The summed E-state index contributed by atoms with van der Waals surface area (Å²) in [6, 6.07) is 6.53. The summed E-state index contributed by atoms with van der Waals surface area (Å²) in [4.78, 5) is 23.1. The fourth-order valence-electron chi connectivity index (χ4n) is 5.16. The summed E-state index contributed by atoms with van der Waals surface area (Å²) in [5, 5.41) is 7.67. The van der Waals surface area contributed by atoms with Gasteiger partial charge in [0.2, 0.25) is 0 Å². The SMILES string of the molecule is Cc1ccc(C(C)(C)NC(=O)N2CCC3(CCn4nc(-c5cnc(N)c(C(F)(F)F)c5)cc43)C2)cn1. The van der Waals surface area contributed by atoms with Gasteiger partial charge in [0.05, 0.1) is 16.8 Å². The van der Waals surface area contributed by atoms with E-state index in [1.54, 1.807) is 11.1 Å². The molecule has 3 aromatic heterocycles. The topological polar surface area (TPSA) is 102 Å². The van der Waals surface area contributed by atoms with Crippen LogP contribution in [0.5, 0.6) is 0 Å². The Morgan fingerprint density at radius 2 is 1.86 bits per heavy atom. The Kier molecular flexibility index (Phi) is 5.49. The third kappa shape index (κ3) is 4.16. The van der Waals surface area contributed by atoms with Crippen molar-refractivity contribution in [2.24, 2.45) is 0 Å². The number of nitrogens with two attached hydrogens (primary N) is 1. The molecule has 5 heterocycles. The average Bonchev–Trinajstić information content (AvgIpc) is 3.50. The second-order valence-corrected chi connectivity index (χ2v) is 10.2. The van der Waals surface area contributed by atoms with Crippen LogP contribution in [0.15, 0.2) is 36.7 Å². The standard InChI is InChI=1S/C25H28F3N7O/c1-15-4-5-17(13-30-15)23(2,3)32-22(36)34-8-6-24(14-34)7-9-35-20(24)11-19(33-35)16-10-18(25(26,27)28)21(29)31-12-16/h4-5,10-13H,6-9,14H2,1-3H3,(H2,29,31)(H,32,36). The largest absolute Gasteiger partial charge is 0.419 e. The van der Waals surface area contributed by atoms with E-state index < -0.39 is 23.1 Å². The number of nitrogens with one attached hydrogen (secondary N) is 1. The van der Waals surface area contributed by atoms with Gasteiger partial charge in [-0.15, -0.1) is 0 Å². The number of aromatic nitrogens is 4. The van der Waals surface area contributed by atoms with Gasteiger partial charge in [-0.1, -0.05) is 6.07 Å². The minimum Gasteiger partial charge on any atom is -0.383 e. The Morgan fingerprint density at radius 3 is 2.56 bits per heavy atom. The number of carbonyl (C=O) groups excluding carboxylic acids is 1. The van der Waals surface area contributed by atoms with Crippen molar-refractivity contribution < 1.29 is 18.0 Å². The summed E-state index contributed by atoms with van der Waals surface area (Å²) in [6.45, 7) is 7.53. The van der Waals surface area contributed by atoms with Crippen molar-refractivity contribution in [2.75, 3.05) is 18.8 Å². The number of aryl methyl sites for hydroxylation is 2. The van der Waals surface area contributed by atoms with Crippen LogP contribution in [0.2, 0.25) is 0 Å². The third-order valence-corrected chi connectivity index (χ3v) is 7.34. The maximum Gasteiger partial charge on any atom is 0.419 e. The highest BCUT2D eigenvalue weighted by atomic mass is 19.4. The zero-order chi connectivity index (χ0) is 25.9. The van der Waals surface area contributed by atoms with E-state index in [4.69, 9.17) is 5.73 Å². The van der Waals surface area contributed by atoms with E-state index in [1.165, 1.54) is 6.20 Å². The Morgan fingerprint density at radius 1 is 1.11 bits per heavy atom. The van der Waals surface area contributed by atoms with Crippen LogP contribution in [0.1, 0.15) is 49.2 Å². The number of nitrogen functional groups attached to an aromatic ring is 1. The highest BCUT2D eigenvalue weighted by Crippen LogP contribution is 2.44. The van der Waals surface area contributed by atoms with Crippen LogP contribution in [0.25, 0.3) is 11.3 Å². The van der Waals surface area contributed by atoms with E-state index in [-0.39, 0.29) is 17.0 Å². The summed E-state index contributed by atoms with van der Waals surface area (Å²) in [5.41, 5.74) is 7.01. The third-order valence-electron chi connectivity index (χ3n) is 7.34. The number of carbonyl (C=O) groups is 1. The number of alkyl halides is 3. The molecule has 3 N–H and O–H groups in total. The molecule has 8 nitrogen and oxygen atoms in total. The molecule has 1 atom stereocenters. The van der Waals surface area contributed by atoms with Crippen LogP contribution in [0, 0.1) is 6.92 Å². The van der Waals surface area contributed by atoms with E-state index in [9.17, 15) is 18.0 Å². The maximum atomic E-state index is 13.3. The monoisotopic (exact) mass is 499 g/mol. The van der Waals surface area contributed by atoms with Crippen LogP contribution in [-0.4, -0.2) is 43.8 Å². The number of pyridine rings is 2. The predicted molar refractivity (Wildman–Crippen MR) is 128 cm³/mol. The first-order chi connectivity index (χ1) is 16.9. The molecule has 0 aliphatic carbocycles. The van der Waals surface area contributed by atoms with Gasteiger partial charge in [0.25, 0.3) is 0 Å². The molecule has 2 aliphatic rings. The van der Waals surface area contributed by atoms with Gasteiger partial charge < -0.3 is 16.0 Å². The molecular weight excluding hydrogens is 471 g/mol. The normalized spacial score (nSPS) is 19.7. The number of hydrogen-bond donors (Lipinski definition) is 2. The minimum atomic E-state index is -4.60. The zero-order valence-corrected chi connectivity index (χ0v) is 20.4. The van der Waals surface area contributed by atoms with Crippen molar-refractivity contribution in [3.05, 3.63) is 59.2 Å². The number of amides is 2. The molecule has 0 radical (unpaired) electrons. The fraction of sp³-hybridized carbons (Fsp3) is 0.440. The number of fused-ring (bicyclic) bond motifs is 2. The van der Waals surface area contributed by atoms with Gasteiger partial charge in [-0.2, -0.15) is 18.3 Å². The van der Waals surface area contributed by atoms with Crippen LogP contribution >= 0.6 is 0 Å². The lowest BCUT2D eigenvalue weighted by atomic mass is 9.82. The van der Waals surface area contributed by atoms with Crippen molar-refractivity contribution in [1.82, 2.24) is 30.0 Å². The van der Waals surface area contributed by atoms with Gasteiger partial charge in [0, 0.05) is 54.4 Å². The number of nitrogens with zero attached hydrogens (tertiary/aromatic N) is 5.